The molecule has 0 spiro atoms. The molecule has 25 heavy (non-hydrogen) atoms. The third-order valence-electron chi connectivity index (χ3n) is 4.67. The second-order valence-electron chi connectivity index (χ2n) is 6.34. The van der Waals surface area contributed by atoms with E-state index in [2.05, 4.69) is 10.7 Å². The highest BCUT2D eigenvalue weighted by atomic mass is 16.4. The minimum Gasteiger partial charge on any atom is -0.508 e. The van der Waals surface area contributed by atoms with E-state index in [1.807, 2.05) is 24.1 Å². The summed E-state index contributed by atoms with van der Waals surface area (Å²) in [6.45, 7) is 4.03. The van der Waals surface area contributed by atoms with Crippen LogP contribution in [0.1, 0.15) is 37.8 Å². The number of aldehydes is 1. The number of aromatic hydroxyl groups is 1. The van der Waals surface area contributed by atoms with Gasteiger partial charge < -0.3 is 20.3 Å². The van der Waals surface area contributed by atoms with E-state index in [4.69, 9.17) is 0 Å². The molecule has 1 aromatic rings. The number of carbonyl (C=O) groups excluding carboxylic acids is 1. The van der Waals surface area contributed by atoms with Gasteiger partial charge in [-0.3, -0.25) is 10.2 Å². The van der Waals surface area contributed by atoms with E-state index in [9.17, 15) is 19.8 Å². The van der Waals surface area contributed by atoms with Crippen LogP contribution in [0.4, 0.5) is 0 Å². The zero-order valence-electron chi connectivity index (χ0n) is 14.5. The second kappa shape index (κ2) is 9.50. The van der Waals surface area contributed by atoms with Crippen LogP contribution in [0.3, 0.4) is 0 Å². The van der Waals surface area contributed by atoms with Gasteiger partial charge in [-0.1, -0.05) is 25.1 Å². The van der Waals surface area contributed by atoms with Crippen molar-refractivity contribution >= 4 is 12.3 Å². The largest absolute Gasteiger partial charge is 0.508 e. The molecular formula is C18H27N3O4. The van der Waals surface area contributed by atoms with Crippen molar-refractivity contribution in [3.63, 3.8) is 0 Å². The first-order chi connectivity index (χ1) is 12.1. The molecule has 0 aromatic heterocycles. The lowest BCUT2D eigenvalue weighted by Crippen LogP contribution is -2.56. The van der Waals surface area contributed by atoms with Gasteiger partial charge in [0.25, 0.3) is 0 Å². The lowest BCUT2D eigenvalue weighted by atomic mass is 9.93. The van der Waals surface area contributed by atoms with Gasteiger partial charge in [-0.05, 0) is 18.9 Å². The molecule has 0 radical (unpaired) electrons. The maximum Gasteiger partial charge on any atom is 0.308 e. The zero-order valence-corrected chi connectivity index (χ0v) is 14.5. The minimum atomic E-state index is -0.881. The lowest BCUT2D eigenvalue weighted by molar-refractivity contribution is -0.143. The average Bonchev–Trinajstić information content (AvgIpc) is 2.61. The van der Waals surface area contributed by atoms with Crippen molar-refractivity contribution in [1.29, 1.82) is 0 Å². The number of phenols is 1. The Morgan fingerprint density at radius 2 is 2.24 bits per heavy atom. The Balaban J connectivity index is 2.03. The molecule has 1 fully saturated rings. The van der Waals surface area contributed by atoms with Gasteiger partial charge in [0.1, 0.15) is 12.0 Å². The number of nitrogens with one attached hydrogen (secondary N) is 2. The third kappa shape index (κ3) is 5.26. The summed E-state index contributed by atoms with van der Waals surface area (Å²) in [6.07, 6.45) is 2.00. The number of carbonyl (C=O) groups is 2. The number of benzene rings is 1. The summed E-state index contributed by atoms with van der Waals surface area (Å²) in [4.78, 5) is 22.2. The SMILES string of the molecule is CCC(NN1CCNC(c2ccccc2O)C1)C(CCC=O)C(=O)O. The van der Waals surface area contributed by atoms with Crippen molar-refractivity contribution in [2.24, 2.45) is 5.92 Å². The van der Waals surface area contributed by atoms with E-state index in [0.717, 1.165) is 24.9 Å². The summed E-state index contributed by atoms with van der Waals surface area (Å²) in [5, 5.41) is 24.9. The Hall–Kier alpha value is -1.96. The van der Waals surface area contributed by atoms with Crippen LogP contribution in [-0.4, -0.2) is 53.2 Å². The molecule has 7 nitrogen and oxygen atoms in total. The number of hydrogen-bond acceptors (Lipinski definition) is 6. The number of phenolic OH excluding ortho intramolecular Hbond substituents is 1. The Morgan fingerprint density at radius 1 is 1.48 bits per heavy atom. The first kappa shape index (κ1) is 19.4. The molecule has 1 aliphatic rings. The van der Waals surface area contributed by atoms with Crippen LogP contribution in [0.15, 0.2) is 24.3 Å². The van der Waals surface area contributed by atoms with E-state index >= 15 is 0 Å². The first-order valence-corrected chi connectivity index (χ1v) is 8.75. The first-order valence-electron chi connectivity index (χ1n) is 8.75. The van der Waals surface area contributed by atoms with E-state index in [1.165, 1.54) is 0 Å². The van der Waals surface area contributed by atoms with Gasteiger partial charge in [-0.25, -0.2) is 5.01 Å². The molecule has 0 amide bonds. The van der Waals surface area contributed by atoms with Gasteiger partial charge >= 0.3 is 5.97 Å². The number of para-hydroxylation sites is 1. The lowest BCUT2D eigenvalue weighted by Gasteiger charge is -2.38. The predicted octanol–water partition coefficient (Wildman–Crippen LogP) is 1.30. The maximum absolute atomic E-state index is 11.6. The van der Waals surface area contributed by atoms with Crippen molar-refractivity contribution in [2.75, 3.05) is 19.6 Å². The number of carboxylic acid groups (broad SMARTS) is 1. The number of carboxylic acids is 1. The molecule has 1 heterocycles. The zero-order chi connectivity index (χ0) is 18.2. The molecule has 3 unspecified atom stereocenters. The van der Waals surface area contributed by atoms with E-state index in [-0.39, 0.29) is 24.3 Å². The summed E-state index contributed by atoms with van der Waals surface area (Å²) in [5.41, 5.74) is 4.16. The standard InChI is InChI=1S/C18H27N3O4/c1-2-15(14(18(24)25)7-5-11-22)20-21-10-9-19-16(12-21)13-6-3-4-8-17(13)23/h3-4,6,8,11,14-16,19-20,23H,2,5,7,9-10,12H2,1H3,(H,24,25). The summed E-state index contributed by atoms with van der Waals surface area (Å²) in [5.74, 6) is -1.23. The highest BCUT2D eigenvalue weighted by Crippen LogP contribution is 2.25. The Labute approximate surface area is 148 Å². The molecule has 0 bridgehead atoms. The van der Waals surface area contributed by atoms with Crippen LogP contribution in [-0.2, 0) is 9.59 Å². The summed E-state index contributed by atoms with van der Waals surface area (Å²) in [6, 6.07) is 6.96. The van der Waals surface area contributed by atoms with Gasteiger partial charge in [0, 0.05) is 37.7 Å². The van der Waals surface area contributed by atoms with E-state index < -0.39 is 11.9 Å². The van der Waals surface area contributed by atoms with Crippen molar-refractivity contribution in [3.05, 3.63) is 29.8 Å². The van der Waals surface area contributed by atoms with Crippen LogP contribution in [0.25, 0.3) is 0 Å². The Morgan fingerprint density at radius 3 is 2.88 bits per heavy atom. The van der Waals surface area contributed by atoms with E-state index in [1.54, 1.807) is 12.1 Å². The van der Waals surface area contributed by atoms with Crippen molar-refractivity contribution in [3.8, 4) is 5.75 Å². The Bertz CT molecular complexity index is 581. The van der Waals surface area contributed by atoms with E-state index in [0.29, 0.717) is 19.4 Å². The molecule has 7 heteroatoms. The summed E-state index contributed by atoms with van der Waals surface area (Å²) in [7, 11) is 0. The topological polar surface area (TPSA) is 102 Å². The molecule has 0 saturated carbocycles. The number of rotatable bonds is 9. The third-order valence-corrected chi connectivity index (χ3v) is 4.67. The summed E-state index contributed by atoms with van der Waals surface area (Å²) < 4.78 is 0. The molecule has 4 N–H and O–H groups in total. The molecule has 2 rings (SSSR count). The molecule has 1 saturated heterocycles. The van der Waals surface area contributed by atoms with Gasteiger partial charge in [-0.2, -0.15) is 0 Å². The average molecular weight is 349 g/mol. The monoisotopic (exact) mass is 349 g/mol. The number of piperazine rings is 1. The number of hydrazine groups is 1. The van der Waals surface area contributed by atoms with Gasteiger partial charge in [0.15, 0.2) is 0 Å². The van der Waals surface area contributed by atoms with Crippen LogP contribution in [0, 0.1) is 5.92 Å². The smallest absolute Gasteiger partial charge is 0.308 e. The van der Waals surface area contributed by atoms with Crippen LogP contribution >= 0.6 is 0 Å². The van der Waals surface area contributed by atoms with Crippen LogP contribution in [0.5, 0.6) is 5.75 Å². The van der Waals surface area contributed by atoms with Gasteiger partial charge in [0.2, 0.25) is 0 Å². The predicted molar refractivity (Wildman–Crippen MR) is 94.1 cm³/mol. The molecular weight excluding hydrogens is 322 g/mol. The number of aliphatic carboxylic acids is 1. The highest BCUT2D eigenvalue weighted by molar-refractivity contribution is 5.71. The van der Waals surface area contributed by atoms with Gasteiger partial charge in [-0.15, -0.1) is 0 Å². The number of hydrogen-bond donors (Lipinski definition) is 4. The molecule has 1 aliphatic heterocycles. The van der Waals surface area contributed by atoms with Crippen LogP contribution in [0.2, 0.25) is 0 Å². The molecule has 1 aromatic carbocycles. The highest BCUT2D eigenvalue weighted by Gasteiger charge is 2.30. The molecule has 0 aliphatic carbocycles. The Kier molecular flexibility index (Phi) is 7.36. The molecule has 3 atom stereocenters. The van der Waals surface area contributed by atoms with Crippen LogP contribution < -0.4 is 10.7 Å². The fraction of sp³-hybridized carbons (Fsp3) is 0.556. The van der Waals surface area contributed by atoms with Crippen molar-refractivity contribution in [1.82, 2.24) is 15.8 Å². The maximum atomic E-state index is 11.6. The van der Waals surface area contributed by atoms with Crippen molar-refractivity contribution < 1.29 is 19.8 Å². The minimum absolute atomic E-state index is 0.0294. The second-order valence-corrected chi connectivity index (χ2v) is 6.34. The summed E-state index contributed by atoms with van der Waals surface area (Å²) >= 11 is 0. The van der Waals surface area contributed by atoms with Gasteiger partial charge in [0.05, 0.1) is 12.0 Å². The molecule has 138 valence electrons. The fourth-order valence-corrected chi connectivity index (χ4v) is 3.30. The normalized spacial score (nSPS) is 20.8. The van der Waals surface area contributed by atoms with Crippen molar-refractivity contribution in [2.45, 2.75) is 38.3 Å². The number of nitrogens with zero attached hydrogens (tertiary/aromatic N) is 1. The fourth-order valence-electron chi connectivity index (χ4n) is 3.30. The quantitative estimate of drug-likeness (QED) is 0.498.